The fourth-order valence-corrected chi connectivity index (χ4v) is 2.66. The monoisotopic (exact) mass is 210 g/mol. The topological polar surface area (TPSA) is 0 Å². The van der Waals surface area contributed by atoms with Gasteiger partial charge in [0.1, 0.15) is 0 Å². The van der Waals surface area contributed by atoms with E-state index in [2.05, 4.69) is 26.8 Å². The smallest absolute Gasteiger partial charge is 0.0824 e. The van der Waals surface area contributed by atoms with E-state index in [9.17, 15) is 0 Å². The van der Waals surface area contributed by atoms with Crippen molar-refractivity contribution < 1.29 is 4.48 Å². The van der Waals surface area contributed by atoms with Gasteiger partial charge >= 0.3 is 0 Å². The van der Waals surface area contributed by atoms with Crippen molar-refractivity contribution in [3.05, 3.63) is 11.6 Å². The second kappa shape index (κ2) is 6.32. The normalized spacial score (nSPS) is 17.7. The number of nitrogens with zero attached hydrogens (tertiary/aromatic N) is 1. The third-order valence-electron chi connectivity index (χ3n) is 4.30. The van der Waals surface area contributed by atoms with Gasteiger partial charge in [0.2, 0.25) is 0 Å². The van der Waals surface area contributed by atoms with E-state index in [1.165, 1.54) is 62.8 Å². The molecule has 0 N–H and O–H groups in total. The standard InChI is InChI=1S/C14H28N/c1-4-15(5-2,6-3)13-12-14-10-8-7-9-11-14/h10H,4-9,11-13H2,1-3H3/q+1. The van der Waals surface area contributed by atoms with Crippen LogP contribution in [0.5, 0.6) is 0 Å². The summed E-state index contributed by atoms with van der Waals surface area (Å²) in [6.07, 6.45) is 9.39. The Labute approximate surface area is 95.8 Å². The summed E-state index contributed by atoms with van der Waals surface area (Å²) in [7, 11) is 0. The zero-order chi connectivity index (χ0) is 11.1. The first-order chi connectivity index (χ1) is 7.26. The van der Waals surface area contributed by atoms with E-state index in [1.54, 1.807) is 5.57 Å². The second-order valence-corrected chi connectivity index (χ2v) is 4.87. The Bertz CT molecular complexity index is 193. The molecule has 0 fully saturated rings. The van der Waals surface area contributed by atoms with Crippen molar-refractivity contribution in [2.24, 2.45) is 0 Å². The van der Waals surface area contributed by atoms with Crippen LogP contribution in [0, 0.1) is 0 Å². The molecule has 0 amide bonds. The Hall–Kier alpha value is -0.300. The lowest BCUT2D eigenvalue weighted by molar-refractivity contribution is -0.923. The van der Waals surface area contributed by atoms with Gasteiger partial charge in [-0.25, -0.2) is 0 Å². The summed E-state index contributed by atoms with van der Waals surface area (Å²) in [5.74, 6) is 0. The Morgan fingerprint density at radius 3 is 2.20 bits per heavy atom. The summed E-state index contributed by atoms with van der Waals surface area (Å²) < 4.78 is 1.30. The summed E-state index contributed by atoms with van der Waals surface area (Å²) in [5, 5.41) is 0. The molecule has 0 spiro atoms. The minimum absolute atomic E-state index is 1.29. The fourth-order valence-electron chi connectivity index (χ4n) is 2.66. The zero-order valence-corrected chi connectivity index (χ0v) is 10.9. The van der Waals surface area contributed by atoms with Crippen LogP contribution in [0.1, 0.15) is 52.9 Å². The molecule has 0 heterocycles. The van der Waals surface area contributed by atoms with Crippen molar-refractivity contribution in [2.45, 2.75) is 52.9 Å². The van der Waals surface area contributed by atoms with E-state index in [4.69, 9.17) is 0 Å². The maximum Gasteiger partial charge on any atom is 0.0824 e. The average Bonchev–Trinajstić information content (AvgIpc) is 2.33. The van der Waals surface area contributed by atoms with Crippen LogP contribution in [-0.4, -0.2) is 30.7 Å². The summed E-state index contributed by atoms with van der Waals surface area (Å²) in [4.78, 5) is 0. The summed E-state index contributed by atoms with van der Waals surface area (Å²) >= 11 is 0. The van der Waals surface area contributed by atoms with Gasteiger partial charge in [0.05, 0.1) is 26.2 Å². The molecule has 0 aliphatic heterocycles. The molecule has 1 heteroatoms. The van der Waals surface area contributed by atoms with Gasteiger partial charge < -0.3 is 4.48 Å². The molecule has 0 radical (unpaired) electrons. The molecule has 0 aromatic rings. The lowest BCUT2D eigenvalue weighted by Crippen LogP contribution is -2.48. The Kier molecular flexibility index (Phi) is 5.38. The number of rotatable bonds is 6. The number of hydrogen-bond donors (Lipinski definition) is 0. The summed E-state index contributed by atoms with van der Waals surface area (Å²) in [6.45, 7) is 12.2. The zero-order valence-electron chi connectivity index (χ0n) is 10.9. The SMILES string of the molecule is CC[N+](CC)(CC)CCC1=CCCCC1. The highest BCUT2D eigenvalue weighted by molar-refractivity contribution is 5.04. The first-order valence-corrected chi connectivity index (χ1v) is 6.79. The molecule has 1 rings (SSSR count). The van der Waals surface area contributed by atoms with Crippen molar-refractivity contribution in [3.63, 3.8) is 0 Å². The summed E-state index contributed by atoms with van der Waals surface area (Å²) in [6, 6.07) is 0. The van der Waals surface area contributed by atoms with E-state index in [1.807, 2.05) is 0 Å². The highest BCUT2D eigenvalue weighted by atomic mass is 15.3. The van der Waals surface area contributed by atoms with Gasteiger partial charge in [-0.1, -0.05) is 11.6 Å². The van der Waals surface area contributed by atoms with Crippen LogP contribution in [0.4, 0.5) is 0 Å². The average molecular weight is 210 g/mol. The molecule has 1 aliphatic rings. The maximum atomic E-state index is 2.50. The largest absolute Gasteiger partial charge is 0.324 e. The van der Waals surface area contributed by atoms with Gasteiger partial charge in [0.25, 0.3) is 0 Å². The molecule has 1 aliphatic carbocycles. The van der Waals surface area contributed by atoms with E-state index in [0.29, 0.717) is 0 Å². The molecule has 0 atom stereocenters. The van der Waals surface area contributed by atoms with Crippen LogP contribution in [0.2, 0.25) is 0 Å². The highest BCUT2D eigenvalue weighted by Gasteiger charge is 2.20. The van der Waals surface area contributed by atoms with Crippen LogP contribution in [0.3, 0.4) is 0 Å². The molecular formula is C14H28N+. The van der Waals surface area contributed by atoms with Crippen molar-refractivity contribution >= 4 is 0 Å². The Morgan fingerprint density at radius 2 is 1.73 bits per heavy atom. The molecular weight excluding hydrogens is 182 g/mol. The highest BCUT2D eigenvalue weighted by Crippen LogP contribution is 2.21. The van der Waals surface area contributed by atoms with Crippen molar-refractivity contribution in [1.82, 2.24) is 0 Å². The molecule has 0 saturated carbocycles. The van der Waals surface area contributed by atoms with Crippen LogP contribution in [-0.2, 0) is 0 Å². The molecule has 15 heavy (non-hydrogen) atoms. The Balaban J connectivity index is 2.42. The predicted molar refractivity (Wildman–Crippen MR) is 67.9 cm³/mol. The van der Waals surface area contributed by atoms with E-state index < -0.39 is 0 Å². The first-order valence-electron chi connectivity index (χ1n) is 6.79. The fraction of sp³-hybridized carbons (Fsp3) is 0.857. The van der Waals surface area contributed by atoms with Gasteiger partial charge in [-0.2, -0.15) is 0 Å². The number of quaternary nitrogens is 1. The molecule has 0 aromatic heterocycles. The molecule has 0 saturated heterocycles. The number of allylic oxidation sites excluding steroid dienone is 1. The van der Waals surface area contributed by atoms with Crippen molar-refractivity contribution in [3.8, 4) is 0 Å². The third kappa shape index (κ3) is 3.64. The van der Waals surface area contributed by atoms with Crippen LogP contribution in [0.25, 0.3) is 0 Å². The maximum absolute atomic E-state index is 2.50. The minimum atomic E-state index is 1.29. The van der Waals surface area contributed by atoms with Gasteiger partial charge in [-0.05, 0) is 46.5 Å². The molecule has 88 valence electrons. The molecule has 1 nitrogen and oxygen atoms in total. The van der Waals surface area contributed by atoms with Crippen LogP contribution in [0.15, 0.2) is 11.6 Å². The van der Waals surface area contributed by atoms with Crippen molar-refractivity contribution in [2.75, 3.05) is 26.2 Å². The molecule has 0 unspecified atom stereocenters. The molecule has 0 aromatic carbocycles. The predicted octanol–water partition coefficient (Wildman–Crippen LogP) is 3.75. The quantitative estimate of drug-likeness (QED) is 0.462. The summed E-state index contributed by atoms with van der Waals surface area (Å²) in [5.41, 5.74) is 1.74. The van der Waals surface area contributed by atoms with Crippen molar-refractivity contribution in [1.29, 1.82) is 0 Å². The van der Waals surface area contributed by atoms with E-state index in [0.717, 1.165) is 0 Å². The van der Waals surface area contributed by atoms with Crippen LogP contribution < -0.4 is 0 Å². The van der Waals surface area contributed by atoms with Gasteiger partial charge in [0, 0.05) is 6.42 Å². The van der Waals surface area contributed by atoms with E-state index in [-0.39, 0.29) is 0 Å². The van der Waals surface area contributed by atoms with Crippen LogP contribution >= 0.6 is 0 Å². The van der Waals surface area contributed by atoms with Gasteiger partial charge in [-0.15, -0.1) is 0 Å². The Morgan fingerprint density at radius 1 is 1.07 bits per heavy atom. The minimum Gasteiger partial charge on any atom is -0.324 e. The number of hydrogen-bond acceptors (Lipinski definition) is 0. The molecule has 0 bridgehead atoms. The second-order valence-electron chi connectivity index (χ2n) is 4.87. The van der Waals surface area contributed by atoms with Gasteiger partial charge in [-0.3, -0.25) is 0 Å². The lowest BCUT2D eigenvalue weighted by atomic mass is 9.97. The lowest BCUT2D eigenvalue weighted by Gasteiger charge is -2.36. The van der Waals surface area contributed by atoms with E-state index >= 15 is 0 Å². The first kappa shape index (κ1) is 12.8. The van der Waals surface area contributed by atoms with Gasteiger partial charge in [0.15, 0.2) is 0 Å². The third-order valence-corrected chi connectivity index (χ3v) is 4.30.